The molecule has 8 nitrogen and oxygen atoms in total. The first-order valence-electron chi connectivity index (χ1n) is 7.50. The lowest BCUT2D eigenvalue weighted by molar-refractivity contribution is 0.0950. The molecule has 0 radical (unpaired) electrons. The zero-order valence-corrected chi connectivity index (χ0v) is 14.8. The SMILES string of the molecule is COc1cc(/C=N/NC(=O)c2cc(-c3cccs3)[nH]n2)cc(OC)c1O. The van der Waals surface area contributed by atoms with Gasteiger partial charge < -0.3 is 14.6 Å². The molecule has 3 rings (SSSR count). The summed E-state index contributed by atoms with van der Waals surface area (Å²) in [5.41, 5.74) is 3.98. The standard InChI is InChI=1S/C17H16N4O4S/c1-24-13-6-10(7-14(25-2)16(13)22)9-18-21-17(23)12-8-11(19-20-12)15-4-3-5-26-15/h3-9,22H,1-2H3,(H,19,20)(H,21,23)/b18-9+. The number of hydrogen-bond acceptors (Lipinski definition) is 7. The Morgan fingerprint density at radius 3 is 2.65 bits per heavy atom. The zero-order valence-electron chi connectivity index (χ0n) is 14.0. The summed E-state index contributed by atoms with van der Waals surface area (Å²) in [4.78, 5) is 13.1. The molecule has 26 heavy (non-hydrogen) atoms. The smallest absolute Gasteiger partial charge is 0.291 e. The largest absolute Gasteiger partial charge is 0.502 e. The molecule has 9 heteroatoms. The van der Waals surface area contributed by atoms with Gasteiger partial charge in [-0.2, -0.15) is 10.2 Å². The van der Waals surface area contributed by atoms with Crippen molar-refractivity contribution in [3.05, 3.63) is 47.0 Å². The lowest BCUT2D eigenvalue weighted by Gasteiger charge is -2.09. The third kappa shape index (κ3) is 3.67. The highest BCUT2D eigenvalue weighted by molar-refractivity contribution is 7.13. The van der Waals surface area contributed by atoms with Crippen LogP contribution in [-0.2, 0) is 0 Å². The van der Waals surface area contributed by atoms with Gasteiger partial charge in [0.25, 0.3) is 5.91 Å². The van der Waals surface area contributed by atoms with Crippen LogP contribution in [0.1, 0.15) is 16.1 Å². The van der Waals surface area contributed by atoms with Crippen molar-refractivity contribution >= 4 is 23.5 Å². The Hall–Kier alpha value is -3.33. The minimum absolute atomic E-state index is 0.103. The molecule has 0 saturated carbocycles. The van der Waals surface area contributed by atoms with Crippen LogP contribution in [0, 0.1) is 0 Å². The van der Waals surface area contributed by atoms with Gasteiger partial charge in [0.05, 0.1) is 31.0 Å². The van der Waals surface area contributed by atoms with Gasteiger partial charge in [-0.05, 0) is 29.6 Å². The van der Waals surface area contributed by atoms with Gasteiger partial charge in [0, 0.05) is 5.56 Å². The van der Waals surface area contributed by atoms with Crippen molar-refractivity contribution in [1.29, 1.82) is 0 Å². The molecular formula is C17H16N4O4S. The maximum absolute atomic E-state index is 12.1. The number of nitrogens with one attached hydrogen (secondary N) is 2. The van der Waals surface area contributed by atoms with E-state index in [1.54, 1.807) is 29.5 Å². The van der Waals surface area contributed by atoms with E-state index in [0.717, 1.165) is 10.6 Å². The molecule has 2 aromatic heterocycles. The number of thiophene rings is 1. The highest BCUT2D eigenvalue weighted by Gasteiger charge is 2.12. The molecule has 0 aliphatic heterocycles. The first-order chi connectivity index (χ1) is 12.6. The second-order valence-electron chi connectivity index (χ2n) is 5.12. The van der Waals surface area contributed by atoms with Crippen molar-refractivity contribution in [1.82, 2.24) is 15.6 Å². The topological polar surface area (TPSA) is 109 Å². The van der Waals surface area contributed by atoms with Crippen molar-refractivity contribution in [3.8, 4) is 27.8 Å². The molecule has 0 aliphatic rings. The fourth-order valence-electron chi connectivity index (χ4n) is 2.21. The molecule has 0 spiro atoms. The molecule has 0 saturated heterocycles. The number of phenolic OH excluding ortho intramolecular Hbond substituents is 1. The van der Waals surface area contributed by atoms with Gasteiger partial charge >= 0.3 is 0 Å². The quantitative estimate of drug-likeness (QED) is 0.455. The van der Waals surface area contributed by atoms with Gasteiger partial charge in [-0.1, -0.05) is 6.07 Å². The summed E-state index contributed by atoms with van der Waals surface area (Å²) in [6, 6.07) is 8.64. The average molecular weight is 372 g/mol. The number of aromatic nitrogens is 2. The highest BCUT2D eigenvalue weighted by atomic mass is 32.1. The second-order valence-corrected chi connectivity index (χ2v) is 6.07. The van der Waals surface area contributed by atoms with Crippen LogP contribution in [0.2, 0.25) is 0 Å². The Morgan fingerprint density at radius 1 is 1.31 bits per heavy atom. The van der Waals surface area contributed by atoms with E-state index in [0.29, 0.717) is 5.56 Å². The van der Waals surface area contributed by atoms with E-state index in [1.165, 1.54) is 20.4 Å². The lowest BCUT2D eigenvalue weighted by atomic mass is 10.2. The number of carbonyl (C=O) groups is 1. The summed E-state index contributed by atoms with van der Waals surface area (Å²) in [5.74, 6) is -0.0677. The summed E-state index contributed by atoms with van der Waals surface area (Å²) < 4.78 is 10.1. The van der Waals surface area contributed by atoms with E-state index in [4.69, 9.17) is 9.47 Å². The monoisotopic (exact) mass is 372 g/mol. The first kappa shape index (κ1) is 17.5. The number of methoxy groups -OCH3 is 2. The summed E-state index contributed by atoms with van der Waals surface area (Å²) in [5, 5.41) is 22.5. The maximum Gasteiger partial charge on any atom is 0.291 e. The Balaban J connectivity index is 1.70. The minimum atomic E-state index is -0.446. The van der Waals surface area contributed by atoms with Gasteiger partial charge in [0.2, 0.25) is 5.75 Å². The molecular weight excluding hydrogens is 356 g/mol. The highest BCUT2D eigenvalue weighted by Crippen LogP contribution is 2.36. The third-order valence-corrected chi connectivity index (χ3v) is 4.38. The van der Waals surface area contributed by atoms with Crippen LogP contribution in [0.15, 0.2) is 40.8 Å². The summed E-state index contributed by atoms with van der Waals surface area (Å²) in [6.45, 7) is 0. The van der Waals surface area contributed by atoms with Crippen molar-refractivity contribution in [2.24, 2.45) is 5.10 Å². The zero-order chi connectivity index (χ0) is 18.5. The van der Waals surface area contributed by atoms with Crippen LogP contribution in [0.4, 0.5) is 0 Å². The minimum Gasteiger partial charge on any atom is -0.502 e. The molecule has 0 aliphatic carbocycles. The van der Waals surface area contributed by atoms with Gasteiger partial charge in [-0.3, -0.25) is 9.89 Å². The number of nitrogens with zero attached hydrogens (tertiary/aromatic N) is 2. The number of H-pyrrole nitrogens is 1. The van der Waals surface area contributed by atoms with E-state index in [2.05, 4.69) is 20.7 Å². The fourth-order valence-corrected chi connectivity index (χ4v) is 2.90. The van der Waals surface area contributed by atoms with Crippen molar-refractivity contribution in [2.45, 2.75) is 0 Å². The van der Waals surface area contributed by atoms with Crippen molar-refractivity contribution < 1.29 is 19.4 Å². The van der Waals surface area contributed by atoms with E-state index in [9.17, 15) is 9.90 Å². The van der Waals surface area contributed by atoms with Crippen LogP contribution in [0.5, 0.6) is 17.2 Å². The fraction of sp³-hybridized carbons (Fsp3) is 0.118. The lowest BCUT2D eigenvalue weighted by Crippen LogP contribution is -2.18. The average Bonchev–Trinajstić information content (AvgIpc) is 3.34. The molecule has 0 bridgehead atoms. The van der Waals surface area contributed by atoms with Crippen molar-refractivity contribution in [2.75, 3.05) is 14.2 Å². The number of hydrogen-bond donors (Lipinski definition) is 3. The van der Waals surface area contributed by atoms with Crippen LogP contribution >= 0.6 is 11.3 Å². The first-order valence-corrected chi connectivity index (χ1v) is 8.38. The number of rotatable bonds is 6. The normalized spacial score (nSPS) is 10.8. The number of aromatic hydroxyl groups is 1. The molecule has 2 heterocycles. The maximum atomic E-state index is 12.1. The molecule has 134 valence electrons. The van der Waals surface area contributed by atoms with E-state index >= 15 is 0 Å². The van der Waals surface area contributed by atoms with Gasteiger partial charge in [-0.25, -0.2) is 5.43 Å². The molecule has 0 unspecified atom stereocenters. The van der Waals surface area contributed by atoms with Crippen LogP contribution in [-0.4, -0.2) is 41.6 Å². The Labute approximate surface area is 153 Å². The van der Waals surface area contributed by atoms with Gasteiger partial charge in [-0.15, -0.1) is 11.3 Å². The van der Waals surface area contributed by atoms with Crippen LogP contribution in [0.3, 0.4) is 0 Å². The number of hydrazone groups is 1. The molecule has 3 N–H and O–H groups in total. The molecule has 1 amide bonds. The number of aromatic amines is 1. The number of amides is 1. The van der Waals surface area contributed by atoms with Crippen LogP contribution in [0.25, 0.3) is 10.6 Å². The number of phenols is 1. The van der Waals surface area contributed by atoms with Gasteiger partial charge in [0.15, 0.2) is 17.2 Å². The molecule has 1 aromatic carbocycles. The predicted molar refractivity (Wildman–Crippen MR) is 98.2 cm³/mol. The summed E-state index contributed by atoms with van der Waals surface area (Å²) in [6.07, 6.45) is 1.41. The molecule has 3 aromatic rings. The number of benzene rings is 1. The van der Waals surface area contributed by atoms with E-state index < -0.39 is 5.91 Å². The van der Waals surface area contributed by atoms with Gasteiger partial charge in [0.1, 0.15) is 0 Å². The van der Waals surface area contributed by atoms with E-state index in [-0.39, 0.29) is 22.9 Å². The second kappa shape index (κ2) is 7.70. The Kier molecular flexibility index (Phi) is 5.18. The summed E-state index contributed by atoms with van der Waals surface area (Å²) in [7, 11) is 2.86. The molecule has 0 fully saturated rings. The number of ether oxygens (including phenoxy) is 2. The summed E-state index contributed by atoms with van der Waals surface area (Å²) >= 11 is 1.55. The van der Waals surface area contributed by atoms with E-state index in [1.807, 2.05) is 17.5 Å². The Morgan fingerprint density at radius 2 is 2.04 bits per heavy atom. The molecule has 0 atom stereocenters. The Bertz CT molecular complexity index is 909. The predicted octanol–water partition coefficient (Wildman–Crippen LogP) is 2.62. The van der Waals surface area contributed by atoms with Crippen LogP contribution < -0.4 is 14.9 Å². The third-order valence-electron chi connectivity index (χ3n) is 3.48. The number of carbonyl (C=O) groups excluding carboxylic acids is 1. The van der Waals surface area contributed by atoms with Crippen molar-refractivity contribution in [3.63, 3.8) is 0 Å².